The maximum Gasteiger partial charge on any atom is 0.227 e. The molecular weight excluding hydrogens is 472 g/mol. The van der Waals surface area contributed by atoms with E-state index < -0.39 is 0 Å². The first-order chi connectivity index (χ1) is 17.8. The molecule has 0 saturated carbocycles. The molecule has 180 valence electrons. The lowest BCUT2D eigenvalue weighted by Gasteiger charge is -2.33. The minimum absolute atomic E-state index is 0.498. The van der Waals surface area contributed by atoms with E-state index in [4.69, 9.17) is 4.98 Å². The highest BCUT2D eigenvalue weighted by molar-refractivity contribution is 7.96. The van der Waals surface area contributed by atoms with E-state index in [9.17, 15) is 0 Å². The average molecular weight is 497 g/mol. The molecule has 36 heavy (non-hydrogen) atoms. The molecular formula is C25H24N10S. The van der Waals surface area contributed by atoms with Crippen molar-refractivity contribution in [3.63, 3.8) is 0 Å². The van der Waals surface area contributed by atoms with Gasteiger partial charge in [0, 0.05) is 62.1 Å². The number of hydrogen-bond acceptors (Lipinski definition) is 10. The summed E-state index contributed by atoms with van der Waals surface area (Å²) >= 11 is 1.80. The van der Waals surface area contributed by atoms with Crippen LogP contribution >= 0.6 is 11.9 Å². The second-order valence-corrected chi connectivity index (χ2v) is 9.19. The van der Waals surface area contributed by atoms with E-state index in [0.29, 0.717) is 5.95 Å². The van der Waals surface area contributed by atoms with E-state index in [1.165, 1.54) is 6.33 Å². The van der Waals surface area contributed by atoms with Crippen LogP contribution in [0.4, 0.5) is 17.5 Å². The highest BCUT2D eigenvalue weighted by atomic mass is 32.2. The lowest BCUT2D eigenvalue weighted by molar-refractivity contribution is 0.429. The van der Waals surface area contributed by atoms with E-state index >= 15 is 0 Å². The lowest BCUT2D eigenvalue weighted by atomic mass is 10.1. The Morgan fingerprint density at radius 2 is 1.69 bits per heavy atom. The van der Waals surface area contributed by atoms with Crippen molar-refractivity contribution >= 4 is 35.0 Å². The number of nitrogens with one attached hydrogen (secondary N) is 1. The molecule has 5 aromatic rings. The molecule has 0 unspecified atom stereocenters. The number of hydrogen-bond donors (Lipinski definition) is 1. The third-order valence-electron chi connectivity index (χ3n) is 6.14. The normalized spacial score (nSPS) is 14.3. The Hall–Kier alpha value is -4.09. The molecule has 11 heteroatoms. The van der Waals surface area contributed by atoms with Gasteiger partial charge in [-0.1, -0.05) is 11.9 Å². The third kappa shape index (κ3) is 4.58. The highest BCUT2D eigenvalue weighted by Gasteiger charge is 2.17. The van der Waals surface area contributed by atoms with E-state index in [2.05, 4.69) is 45.7 Å². The maximum atomic E-state index is 4.74. The van der Waals surface area contributed by atoms with Crippen LogP contribution in [0, 0.1) is 0 Å². The van der Waals surface area contributed by atoms with Gasteiger partial charge in [0.1, 0.15) is 17.8 Å². The lowest BCUT2D eigenvalue weighted by Crippen LogP contribution is -2.43. The van der Waals surface area contributed by atoms with Crippen LogP contribution in [0.15, 0.2) is 73.8 Å². The summed E-state index contributed by atoms with van der Waals surface area (Å²) < 4.78 is 4.39. The van der Waals surface area contributed by atoms with E-state index in [1.807, 2.05) is 53.3 Å². The van der Waals surface area contributed by atoms with Crippen molar-refractivity contribution in [2.45, 2.75) is 0 Å². The molecule has 10 nitrogen and oxygen atoms in total. The predicted molar refractivity (Wildman–Crippen MR) is 142 cm³/mol. The Kier molecular flexibility index (Phi) is 6.14. The average Bonchev–Trinajstić information content (AvgIpc) is 3.38. The van der Waals surface area contributed by atoms with E-state index in [1.54, 1.807) is 30.5 Å². The Bertz CT molecular complexity index is 1460. The van der Waals surface area contributed by atoms with Gasteiger partial charge in [0.05, 0.1) is 29.5 Å². The first-order valence-electron chi connectivity index (χ1n) is 11.6. The van der Waals surface area contributed by atoms with E-state index in [-0.39, 0.29) is 0 Å². The number of nitrogens with zero attached hydrogens (tertiary/aromatic N) is 9. The van der Waals surface area contributed by atoms with Crippen LogP contribution in [0.2, 0.25) is 0 Å². The van der Waals surface area contributed by atoms with Crippen LogP contribution in [0.1, 0.15) is 0 Å². The van der Waals surface area contributed by atoms with Crippen LogP contribution in [0.25, 0.3) is 28.2 Å². The SMILES string of the molecule is CSN1CCN(c2ccc(Nc3nccc(-c4cnc5ccc(-c6cncnc6)cn45)n3)cn2)CC1. The highest BCUT2D eigenvalue weighted by Crippen LogP contribution is 2.25. The second kappa shape index (κ2) is 9.88. The molecule has 6 heterocycles. The second-order valence-electron chi connectivity index (χ2n) is 8.31. The molecule has 1 saturated heterocycles. The zero-order chi connectivity index (χ0) is 24.3. The summed E-state index contributed by atoms with van der Waals surface area (Å²) in [7, 11) is 0. The minimum atomic E-state index is 0.498. The third-order valence-corrected chi connectivity index (χ3v) is 7.02. The van der Waals surface area contributed by atoms with Crippen LogP contribution in [-0.2, 0) is 0 Å². The summed E-state index contributed by atoms with van der Waals surface area (Å²) in [4.78, 5) is 28.9. The molecule has 1 fully saturated rings. The fourth-order valence-electron chi connectivity index (χ4n) is 4.23. The molecule has 0 bridgehead atoms. The zero-order valence-corrected chi connectivity index (χ0v) is 20.5. The van der Waals surface area contributed by atoms with Gasteiger partial charge >= 0.3 is 0 Å². The number of fused-ring (bicyclic) bond motifs is 1. The van der Waals surface area contributed by atoms with Crippen LogP contribution < -0.4 is 10.2 Å². The number of anilines is 3. The molecule has 0 aliphatic carbocycles. The van der Waals surface area contributed by atoms with Crippen molar-refractivity contribution in [2.24, 2.45) is 0 Å². The fourth-order valence-corrected chi connectivity index (χ4v) is 4.75. The molecule has 1 aliphatic rings. The van der Waals surface area contributed by atoms with Gasteiger partial charge in [-0.2, -0.15) is 0 Å². The van der Waals surface area contributed by atoms with Crippen molar-refractivity contribution in [2.75, 3.05) is 42.7 Å². The standard InChI is InChI=1S/C25H24N10S/c1-36-34-10-8-33(9-11-34)23-5-3-20(14-29-23)31-25-28-7-6-21(32-25)22-15-30-24-4-2-18(16-35(22)24)19-12-26-17-27-13-19/h2-7,12-17H,8-11H2,1H3,(H,28,31,32). The van der Waals surface area contributed by atoms with Gasteiger partial charge < -0.3 is 10.2 Å². The van der Waals surface area contributed by atoms with Crippen molar-refractivity contribution in [3.05, 3.63) is 73.8 Å². The molecule has 0 spiro atoms. The Balaban J connectivity index is 1.22. The van der Waals surface area contributed by atoms with Gasteiger partial charge in [-0.25, -0.2) is 34.2 Å². The molecule has 0 atom stereocenters. The molecule has 0 amide bonds. The molecule has 1 aliphatic heterocycles. The van der Waals surface area contributed by atoms with Crippen molar-refractivity contribution in [1.29, 1.82) is 0 Å². The summed E-state index contributed by atoms with van der Waals surface area (Å²) in [5.74, 6) is 1.49. The monoisotopic (exact) mass is 496 g/mol. The van der Waals surface area contributed by atoms with E-state index in [0.717, 1.165) is 65.8 Å². The fraction of sp³-hybridized carbons (Fsp3) is 0.200. The van der Waals surface area contributed by atoms with Gasteiger partial charge in [0.15, 0.2) is 0 Å². The van der Waals surface area contributed by atoms with Gasteiger partial charge in [0.25, 0.3) is 0 Å². The Morgan fingerprint density at radius 3 is 2.47 bits per heavy atom. The smallest absolute Gasteiger partial charge is 0.227 e. The van der Waals surface area contributed by atoms with Gasteiger partial charge in [0.2, 0.25) is 5.95 Å². The number of aromatic nitrogens is 7. The van der Waals surface area contributed by atoms with Crippen molar-refractivity contribution in [3.8, 4) is 22.5 Å². The summed E-state index contributed by atoms with van der Waals surface area (Å²) in [6.45, 7) is 4.02. The van der Waals surface area contributed by atoms with Crippen molar-refractivity contribution < 1.29 is 0 Å². The number of pyridine rings is 2. The van der Waals surface area contributed by atoms with Gasteiger partial charge in [-0.3, -0.25) is 4.40 Å². The number of piperazine rings is 1. The van der Waals surface area contributed by atoms with Crippen molar-refractivity contribution in [1.82, 2.24) is 38.6 Å². The Labute approximate surface area is 212 Å². The van der Waals surface area contributed by atoms with Crippen LogP contribution in [-0.4, -0.2) is 71.0 Å². The molecule has 1 N–H and O–H groups in total. The zero-order valence-electron chi connectivity index (χ0n) is 19.7. The molecule has 5 aromatic heterocycles. The summed E-state index contributed by atoms with van der Waals surface area (Å²) in [5, 5.41) is 3.28. The quantitative estimate of drug-likeness (QED) is 0.350. The number of rotatable bonds is 6. The topological polar surface area (TPSA) is 100 Å². The summed E-state index contributed by atoms with van der Waals surface area (Å²) in [5.41, 5.74) is 5.23. The molecule has 6 rings (SSSR count). The predicted octanol–water partition coefficient (Wildman–Crippen LogP) is 3.79. The number of imidazole rings is 1. The van der Waals surface area contributed by atoms with Crippen LogP contribution in [0.5, 0.6) is 0 Å². The summed E-state index contributed by atoms with van der Waals surface area (Å²) in [6, 6.07) is 9.92. The van der Waals surface area contributed by atoms with Crippen LogP contribution in [0.3, 0.4) is 0 Å². The Morgan fingerprint density at radius 1 is 0.833 bits per heavy atom. The summed E-state index contributed by atoms with van der Waals surface area (Å²) in [6.07, 6.45) is 14.6. The first kappa shape index (κ1) is 22.4. The molecule has 0 radical (unpaired) electrons. The van der Waals surface area contributed by atoms with Gasteiger partial charge in [-0.05, 0) is 36.6 Å². The van der Waals surface area contributed by atoms with Gasteiger partial charge in [-0.15, -0.1) is 0 Å². The maximum absolute atomic E-state index is 4.74. The minimum Gasteiger partial charge on any atom is -0.354 e. The largest absolute Gasteiger partial charge is 0.354 e. The molecule has 0 aromatic carbocycles. The first-order valence-corrected chi connectivity index (χ1v) is 12.8.